The molecule has 0 aliphatic rings. The summed E-state index contributed by atoms with van der Waals surface area (Å²) in [5.74, 6) is -1.55. The van der Waals surface area contributed by atoms with E-state index < -0.39 is 22.0 Å². The molecule has 0 aliphatic heterocycles. The molecule has 6 nitrogen and oxygen atoms in total. The Bertz CT molecular complexity index is 579. The summed E-state index contributed by atoms with van der Waals surface area (Å²) in [6, 6.07) is 4.44. The van der Waals surface area contributed by atoms with Crippen molar-refractivity contribution in [1.82, 2.24) is 4.72 Å². The van der Waals surface area contributed by atoms with Crippen LogP contribution in [0.2, 0.25) is 0 Å². The van der Waals surface area contributed by atoms with Gasteiger partial charge in [-0.25, -0.2) is 8.42 Å². The van der Waals surface area contributed by atoms with Crippen LogP contribution in [0.1, 0.15) is 28.9 Å². The lowest BCUT2D eigenvalue weighted by atomic mass is 10.0. The predicted octanol–water partition coefficient (Wildman–Crippen LogP) is 0.564. The normalized spacial score (nSPS) is 13.0. The second-order valence-corrected chi connectivity index (χ2v) is 5.62. The number of carbonyl (C=O) groups excluding carboxylic acids is 1. The summed E-state index contributed by atoms with van der Waals surface area (Å²) in [6.45, 7) is 1.35. The molecule has 1 aromatic carbocycles. The van der Waals surface area contributed by atoms with Crippen LogP contribution in [-0.4, -0.2) is 31.5 Å². The van der Waals surface area contributed by atoms with Gasteiger partial charge < -0.3 is 5.11 Å². The number of sulfonamides is 1. The summed E-state index contributed by atoms with van der Waals surface area (Å²) in [4.78, 5) is 22.2. The van der Waals surface area contributed by atoms with E-state index in [2.05, 4.69) is 0 Å². The van der Waals surface area contributed by atoms with E-state index in [4.69, 9.17) is 5.11 Å². The molecule has 18 heavy (non-hydrogen) atoms. The Balaban J connectivity index is 3.18. The van der Waals surface area contributed by atoms with Crippen LogP contribution in [-0.2, 0) is 14.8 Å². The van der Waals surface area contributed by atoms with Crippen molar-refractivity contribution in [3.63, 3.8) is 0 Å². The Labute approximate surface area is 105 Å². The molecule has 0 bridgehead atoms. The molecule has 0 aliphatic carbocycles. The van der Waals surface area contributed by atoms with E-state index in [0.29, 0.717) is 5.56 Å². The van der Waals surface area contributed by atoms with Crippen molar-refractivity contribution in [2.45, 2.75) is 13.0 Å². The minimum absolute atomic E-state index is 0.209. The number of carboxylic acid groups (broad SMARTS) is 1. The second-order valence-electron chi connectivity index (χ2n) is 3.84. The number of aliphatic carboxylic acids is 1. The van der Waals surface area contributed by atoms with Gasteiger partial charge >= 0.3 is 5.97 Å². The first kappa shape index (κ1) is 14.3. The summed E-state index contributed by atoms with van der Waals surface area (Å²) in [5.41, 5.74) is 0.537. The SMILES string of the molecule is CC(=O)c1cccc(C(NS(C)(=O)=O)C(=O)O)c1. The third-order valence-electron chi connectivity index (χ3n) is 2.21. The number of Topliss-reactive ketones (excluding diaryl/α,β-unsaturated/α-hetero) is 1. The number of carbonyl (C=O) groups is 2. The first-order chi connectivity index (χ1) is 8.20. The molecule has 0 saturated carbocycles. The highest BCUT2D eigenvalue weighted by atomic mass is 32.2. The Morgan fingerprint density at radius 2 is 1.94 bits per heavy atom. The van der Waals surface area contributed by atoms with Crippen molar-refractivity contribution in [2.75, 3.05) is 6.26 Å². The van der Waals surface area contributed by atoms with Gasteiger partial charge in [0, 0.05) is 5.56 Å². The van der Waals surface area contributed by atoms with E-state index in [0.717, 1.165) is 6.26 Å². The topological polar surface area (TPSA) is 101 Å². The maximum absolute atomic E-state index is 11.2. The number of ketones is 1. The van der Waals surface area contributed by atoms with Crippen molar-refractivity contribution >= 4 is 21.8 Å². The average Bonchev–Trinajstić information content (AvgIpc) is 2.24. The van der Waals surface area contributed by atoms with Crippen LogP contribution in [0.3, 0.4) is 0 Å². The van der Waals surface area contributed by atoms with Crippen LogP contribution in [0, 0.1) is 0 Å². The smallest absolute Gasteiger partial charge is 0.326 e. The Morgan fingerprint density at radius 1 is 1.33 bits per heavy atom. The van der Waals surface area contributed by atoms with Crippen molar-refractivity contribution in [3.8, 4) is 0 Å². The summed E-state index contributed by atoms with van der Waals surface area (Å²) < 4.78 is 24.2. The molecule has 0 amide bonds. The van der Waals surface area contributed by atoms with Crippen LogP contribution >= 0.6 is 0 Å². The Hall–Kier alpha value is -1.73. The van der Waals surface area contributed by atoms with Gasteiger partial charge in [0.15, 0.2) is 5.78 Å². The molecule has 1 rings (SSSR count). The molecule has 98 valence electrons. The lowest BCUT2D eigenvalue weighted by Crippen LogP contribution is -2.33. The minimum Gasteiger partial charge on any atom is -0.480 e. The molecule has 2 N–H and O–H groups in total. The van der Waals surface area contributed by atoms with Crippen molar-refractivity contribution in [2.24, 2.45) is 0 Å². The fourth-order valence-corrected chi connectivity index (χ4v) is 2.08. The zero-order valence-corrected chi connectivity index (χ0v) is 10.7. The molecule has 0 spiro atoms. The number of carboxylic acids is 1. The number of hydrogen-bond donors (Lipinski definition) is 2. The van der Waals surface area contributed by atoms with E-state index >= 15 is 0 Å². The third-order valence-corrected chi connectivity index (χ3v) is 2.87. The van der Waals surface area contributed by atoms with Crippen LogP contribution in [0.25, 0.3) is 0 Å². The first-order valence-electron chi connectivity index (χ1n) is 5.01. The Kier molecular flexibility index (Phi) is 4.20. The number of benzene rings is 1. The number of hydrogen-bond acceptors (Lipinski definition) is 4. The van der Waals surface area contributed by atoms with Crippen molar-refractivity contribution in [3.05, 3.63) is 35.4 Å². The van der Waals surface area contributed by atoms with E-state index in [1.54, 1.807) is 0 Å². The predicted molar refractivity (Wildman–Crippen MR) is 64.8 cm³/mol. The highest BCUT2D eigenvalue weighted by Crippen LogP contribution is 2.16. The molecule has 0 heterocycles. The van der Waals surface area contributed by atoms with E-state index in [1.807, 2.05) is 4.72 Å². The van der Waals surface area contributed by atoms with Crippen LogP contribution in [0.5, 0.6) is 0 Å². The molecule has 0 saturated heterocycles. The number of nitrogens with one attached hydrogen (secondary N) is 1. The molecule has 1 aromatic rings. The van der Waals surface area contributed by atoms with Gasteiger partial charge in [0.1, 0.15) is 6.04 Å². The zero-order chi connectivity index (χ0) is 13.9. The fourth-order valence-electron chi connectivity index (χ4n) is 1.41. The lowest BCUT2D eigenvalue weighted by molar-refractivity contribution is -0.139. The molecular formula is C11H13NO5S. The summed E-state index contributed by atoms with van der Waals surface area (Å²) >= 11 is 0. The Morgan fingerprint density at radius 3 is 2.39 bits per heavy atom. The standard InChI is InChI=1S/C11H13NO5S/c1-7(13)8-4-3-5-9(6-8)10(11(14)15)12-18(2,16)17/h3-6,10,12H,1-2H3,(H,14,15). The first-order valence-corrected chi connectivity index (χ1v) is 6.91. The van der Waals surface area contributed by atoms with Gasteiger partial charge in [-0.05, 0) is 18.6 Å². The number of rotatable bonds is 5. The lowest BCUT2D eigenvalue weighted by Gasteiger charge is -2.13. The minimum atomic E-state index is -3.67. The fraction of sp³-hybridized carbons (Fsp3) is 0.273. The summed E-state index contributed by atoms with van der Waals surface area (Å²) in [6.07, 6.45) is 0.873. The highest BCUT2D eigenvalue weighted by molar-refractivity contribution is 7.88. The average molecular weight is 271 g/mol. The molecule has 0 fully saturated rings. The maximum Gasteiger partial charge on any atom is 0.326 e. The van der Waals surface area contributed by atoms with Crippen molar-refractivity contribution in [1.29, 1.82) is 0 Å². The zero-order valence-electron chi connectivity index (χ0n) is 9.88. The van der Waals surface area contributed by atoms with Gasteiger partial charge in [-0.1, -0.05) is 18.2 Å². The summed E-state index contributed by atoms with van der Waals surface area (Å²) in [5, 5.41) is 9.01. The second kappa shape index (κ2) is 5.28. The van der Waals surface area contributed by atoms with Gasteiger partial charge in [0.2, 0.25) is 10.0 Å². The summed E-state index contributed by atoms with van der Waals surface area (Å²) in [7, 11) is -3.67. The van der Waals surface area contributed by atoms with Crippen molar-refractivity contribution < 1.29 is 23.1 Å². The molecule has 0 aromatic heterocycles. The monoisotopic (exact) mass is 271 g/mol. The quantitative estimate of drug-likeness (QED) is 0.762. The van der Waals surface area contributed by atoms with E-state index in [-0.39, 0.29) is 11.3 Å². The van der Waals surface area contributed by atoms with Crippen LogP contribution < -0.4 is 4.72 Å². The highest BCUT2D eigenvalue weighted by Gasteiger charge is 2.23. The van der Waals surface area contributed by atoms with Crippen LogP contribution in [0.15, 0.2) is 24.3 Å². The maximum atomic E-state index is 11.2. The third kappa shape index (κ3) is 3.94. The van der Waals surface area contributed by atoms with Gasteiger partial charge in [0.25, 0.3) is 0 Å². The molecule has 0 radical (unpaired) electrons. The van der Waals surface area contributed by atoms with E-state index in [9.17, 15) is 18.0 Å². The van der Waals surface area contributed by atoms with E-state index in [1.165, 1.54) is 31.2 Å². The van der Waals surface area contributed by atoms with Gasteiger partial charge in [-0.2, -0.15) is 4.72 Å². The van der Waals surface area contributed by atoms with Gasteiger partial charge in [-0.3, -0.25) is 9.59 Å². The van der Waals surface area contributed by atoms with Gasteiger partial charge in [0.05, 0.1) is 6.26 Å². The molecule has 7 heteroatoms. The van der Waals surface area contributed by atoms with Crippen LogP contribution in [0.4, 0.5) is 0 Å². The molecular weight excluding hydrogens is 258 g/mol. The molecule has 1 atom stereocenters. The molecule has 1 unspecified atom stereocenters. The largest absolute Gasteiger partial charge is 0.480 e. The van der Waals surface area contributed by atoms with Gasteiger partial charge in [-0.15, -0.1) is 0 Å².